The van der Waals surface area contributed by atoms with Crippen LogP contribution in [-0.2, 0) is 13.0 Å². The first-order valence-corrected chi connectivity index (χ1v) is 10.9. The number of aromatic nitrogens is 3. The van der Waals surface area contributed by atoms with E-state index in [9.17, 15) is 9.18 Å². The van der Waals surface area contributed by atoms with Crippen molar-refractivity contribution in [2.24, 2.45) is 0 Å². The molecule has 30 heavy (non-hydrogen) atoms. The van der Waals surface area contributed by atoms with Crippen LogP contribution in [0.2, 0.25) is 5.02 Å². The second-order valence-electron chi connectivity index (χ2n) is 6.85. The second kappa shape index (κ2) is 8.93. The minimum atomic E-state index is -0.476. The SMILES string of the molecule is CCc1cccc2sc(N(CCCn3ccnc3)C(=O)c3ccc(F)cc3Cl)nc12. The number of hydrogen-bond acceptors (Lipinski definition) is 4. The molecule has 0 aliphatic heterocycles. The number of amides is 1. The maximum Gasteiger partial charge on any atom is 0.261 e. The molecule has 2 aromatic carbocycles. The third-order valence-electron chi connectivity index (χ3n) is 4.87. The Balaban J connectivity index is 1.68. The number of halogens is 2. The summed E-state index contributed by atoms with van der Waals surface area (Å²) in [5.74, 6) is -0.765. The number of imidazole rings is 1. The monoisotopic (exact) mass is 442 g/mol. The molecule has 8 heteroatoms. The molecule has 0 saturated heterocycles. The Hall–Kier alpha value is -2.77. The van der Waals surface area contributed by atoms with Gasteiger partial charge in [0.15, 0.2) is 5.13 Å². The van der Waals surface area contributed by atoms with Crippen molar-refractivity contribution in [1.29, 1.82) is 0 Å². The number of carbonyl (C=O) groups excluding carboxylic acids is 1. The first-order valence-electron chi connectivity index (χ1n) is 9.68. The van der Waals surface area contributed by atoms with Gasteiger partial charge in [-0.3, -0.25) is 9.69 Å². The van der Waals surface area contributed by atoms with Crippen LogP contribution >= 0.6 is 22.9 Å². The van der Waals surface area contributed by atoms with Crippen molar-refractivity contribution in [2.75, 3.05) is 11.4 Å². The number of anilines is 1. The van der Waals surface area contributed by atoms with Crippen LogP contribution in [-0.4, -0.2) is 27.0 Å². The molecule has 0 aliphatic carbocycles. The molecule has 4 aromatic rings. The Morgan fingerprint density at radius 2 is 2.17 bits per heavy atom. The number of aryl methyl sites for hydroxylation is 2. The molecule has 0 bridgehead atoms. The smallest absolute Gasteiger partial charge is 0.261 e. The molecule has 0 N–H and O–H groups in total. The van der Waals surface area contributed by atoms with Gasteiger partial charge in [-0.05, 0) is 42.7 Å². The molecule has 2 aromatic heterocycles. The van der Waals surface area contributed by atoms with Crippen LogP contribution in [0.3, 0.4) is 0 Å². The van der Waals surface area contributed by atoms with E-state index in [0.29, 0.717) is 24.6 Å². The van der Waals surface area contributed by atoms with Crippen molar-refractivity contribution >= 4 is 44.2 Å². The first-order chi connectivity index (χ1) is 14.6. The predicted octanol–water partition coefficient (Wildman–Crippen LogP) is 5.58. The molecular formula is C22H20ClFN4OS. The van der Waals surface area contributed by atoms with Gasteiger partial charge in [-0.1, -0.05) is 42.0 Å². The topological polar surface area (TPSA) is 51.0 Å². The summed E-state index contributed by atoms with van der Waals surface area (Å²) >= 11 is 7.65. The van der Waals surface area contributed by atoms with Gasteiger partial charge >= 0.3 is 0 Å². The highest BCUT2D eigenvalue weighted by Gasteiger charge is 2.23. The van der Waals surface area contributed by atoms with E-state index in [2.05, 4.69) is 11.9 Å². The molecule has 0 fully saturated rings. The highest BCUT2D eigenvalue weighted by atomic mass is 35.5. The van der Waals surface area contributed by atoms with Gasteiger partial charge in [0.1, 0.15) is 5.82 Å². The molecule has 0 atom stereocenters. The predicted molar refractivity (Wildman–Crippen MR) is 119 cm³/mol. The van der Waals surface area contributed by atoms with Gasteiger partial charge < -0.3 is 4.57 Å². The zero-order valence-corrected chi connectivity index (χ0v) is 18.0. The maximum atomic E-state index is 13.5. The van der Waals surface area contributed by atoms with E-state index in [1.807, 2.05) is 29.0 Å². The van der Waals surface area contributed by atoms with Gasteiger partial charge in [0.2, 0.25) is 0 Å². The second-order valence-corrected chi connectivity index (χ2v) is 8.27. The Morgan fingerprint density at radius 1 is 1.30 bits per heavy atom. The lowest BCUT2D eigenvalue weighted by Gasteiger charge is -2.20. The van der Waals surface area contributed by atoms with Crippen LogP contribution in [0.5, 0.6) is 0 Å². The third kappa shape index (κ3) is 4.22. The number of hydrogen-bond donors (Lipinski definition) is 0. The number of fused-ring (bicyclic) bond motifs is 1. The van der Waals surface area contributed by atoms with E-state index < -0.39 is 5.82 Å². The lowest BCUT2D eigenvalue weighted by atomic mass is 10.1. The maximum absolute atomic E-state index is 13.5. The van der Waals surface area contributed by atoms with Crippen molar-refractivity contribution in [3.63, 3.8) is 0 Å². The fraction of sp³-hybridized carbons (Fsp3) is 0.227. The lowest BCUT2D eigenvalue weighted by Crippen LogP contribution is -2.32. The van der Waals surface area contributed by atoms with Gasteiger partial charge in [0, 0.05) is 25.5 Å². The Kier molecular flexibility index (Phi) is 6.11. The van der Waals surface area contributed by atoms with E-state index >= 15 is 0 Å². The molecule has 0 saturated carbocycles. The van der Waals surface area contributed by atoms with E-state index in [1.54, 1.807) is 17.4 Å². The summed E-state index contributed by atoms with van der Waals surface area (Å²) in [7, 11) is 0. The van der Waals surface area contributed by atoms with Gasteiger partial charge in [-0.25, -0.2) is 14.4 Å². The molecule has 0 aliphatic rings. The van der Waals surface area contributed by atoms with E-state index in [1.165, 1.54) is 23.5 Å². The van der Waals surface area contributed by atoms with Gasteiger partial charge in [-0.15, -0.1) is 0 Å². The summed E-state index contributed by atoms with van der Waals surface area (Å²) < 4.78 is 16.5. The van der Waals surface area contributed by atoms with Crippen molar-refractivity contribution in [2.45, 2.75) is 26.3 Å². The molecule has 4 rings (SSSR count). The van der Waals surface area contributed by atoms with Crippen molar-refractivity contribution in [3.05, 3.63) is 77.1 Å². The van der Waals surface area contributed by atoms with Gasteiger partial charge in [-0.2, -0.15) is 0 Å². The van der Waals surface area contributed by atoms with Crippen LogP contribution in [0.1, 0.15) is 29.3 Å². The highest BCUT2D eigenvalue weighted by molar-refractivity contribution is 7.22. The largest absolute Gasteiger partial charge is 0.337 e. The summed E-state index contributed by atoms with van der Waals surface area (Å²) in [4.78, 5) is 23.8. The molecule has 5 nitrogen and oxygen atoms in total. The summed E-state index contributed by atoms with van der Waals surface area (Å²) in [6.07, 6.45) is 6.92. The molecule has 1 amide bonds. The van der Waals surface area contributed by atoms with Crippen LogP contribution < -0.4 is 4.90 Å². The molecular weight excluding hydrogens is 423 g/mol. The summed E-state index contributed by atoms with van der Waals surface area (Å²) in [5.41, 5.74) is 2.31. The fourth-order valence-electron chi connectivity index (χ4n) is 3.32. The third-order valence-corrected chi connectivity index (χ3v) is 6.22. The van der Waals surface area contributed by atoms with Crippen LogP contribution in [0, 0.1) is 5.82 Å². The molecule has 0 unspecified atom stereocenters. The van der Waals surface area contributed by atoms with E-state index in [4.69, 9.17) is 16.6 Å². The Morgan fingerprint density at radius 3 is 2.90 bits per heavy atom. The van der Waals surface area contributed by atoms with E-state index in [0.717, 1.165) is 28.3 Å². The minimum Gasteiger partial charge on any atom is -0.337 e. The van der Waals surface area contributed by atoms with Crippen LogP contribution in [0.25, 0.3) is 10.2 Å². The molecule has 0 radical (unpaired) electrons. The van der Waals surface area contributed by atoms with Crippen LogP contribution in [0.4, 0.5) is 9.52 Å². The average molecular weight is 443 g/mol. The lowest BCUT2D eigenvalue weighted by molar-refractivity contribution is 0.0986. The molecule has 0 spiro atoms. The normalized spacial score (nSPS) is 11.2. The number of para-hydroxylation sites is 1. The molecule has 154 valence electrons. The quantitative estimate of drug-likeness (QED) is 0.375. The average Bonchev–Trinajstić information content (AvgIpc) is 3.40. The Bertz CT molecular complexity index is 1180. The van der Waals surface area contributed by atoms with Crippen molar-refractivity contribution in [3.8, 4) is 0 Å². The van der Waals surface area contributed by atoms with E-state index in [-0.39, 0.29) is 16.5 Å². The Labute approximate surface area is 182 Å². The summed E-state index contributed by atoms with van der Waals surface area (Å²) in [6.45, 7) is 3.25. The first kappa shape index (κ1) is 20.5. The van der Waals surface area contributed by atoms with Gasteiger partial charge in [0.05, 0.1) is 27.1 Å². The zero-order valence-electron chi connectivity index (χ0n) is 16.4. The number of rotatable bonds is 7. The fourth-order valence-corrected chi connectivity index (χ4v) is 4.60. The van der Waals surface area contributed by atoms with Crippen molar-refractivity contribution in [1.82, 2.24) is 14.5 Å². The number of thiazole rings is 1. The standard InChI is InChI=1S/C22H20ClFN4OS/c1-2-15-5-3-6-19-20(15)26-22(30-19)28(11-4-10-27-12-9-25-14-27)21(29)17-8-7-16(24)13-18(17)23/h3,5-9,12-14H,2,4,10-11H2,1H3. The van der Waals surface area contributed by atoms with Crippen molar-refractivity contribution < 1.29 is 9.18 Å². The van der Waals surface area contributed by atoms with Crippen LogP contribution in [0.15, 0.2) is 55.1 Å². The zero-order chi connectivity index (χ0) is 21.1. The number of carbonyl (C=O) groups is 1. The number of nitrogens with zero attached hydrogens (tertiary/aromatic N) is 4. The highest BCUT2D eigenvalue weighted by Crippen LogP contribution is 2.32. The summed E-state index contributed by atoms with van der Waals surface area (Å²) in [6, 6.07) is 9.89. The number of benzene rings is 2. The summed E-state index contributed by atoms with van der Waals surface area (Å²) in [5, 5.41) is 0.705. The minimum absolute atomic E-state index is 0.0926. The molecule has 2 heterocycles. The van der Waals surface area contributed by atoms with Gasteiger partial charge in [0.25, 0.3) is 5.91 Å².